The number of likely N-dealkylation sites (tertiary alicyclic amines) is 1. The average Bonchev–Trinajstić information content (AvgIpc) is 3.49. The number of rotatable bonds is 4. The van der Waals surface area contributed by atoms with E-state index in [-0.39, 0.29) is 34.8 Å². The zero-order chi connectivity index (χ0) is 27.9. The number of carbonyl (C=O) groups excluding carboxylic acids is 1. The Morgan fingerprint density at radius 2 is 1.90 bits per heavy atom. The van der Waals surface area contributed by atoms with Gasteiger partial charge >= 0.3 is 12.5 Å². The molecular weight excluding hydrogens is 521 g/mol. The first-order valence-corrected chi connectivity index (χ1v) is 12.2. The van der Waals surface area contributed by atoms with Crippen LogP contribution in [0.5, 0.6) is 5.75 Å². The SMILES string of the molecule is CC(C)(C)OC(=O)N1CCC(c2cc(=O)[nH]c3c(-c4nc(-c5cccc(OC(F)(F)F)c5)no4)cnn23)CC1. The van der Waals surface area contributed by atoms with Crippen LogP contribution in [0.4, 0.5) is 18.0 Å². The van der Waals surface area contributed by atoms with Gasteiger partial charge in [-0.25, -0.2) is 9.31 Å². The topological polar surface area (TPSA) is 128 Å². The number of nitrogens with one attached hydrogen (secondary N) is 1. The largest absolute Gasteiger partial charge is 0.573 e. The lowest BCUT2D eigenvalue weighted by atomic mass is 9.93. The fraction of sp³-hybridized carbons (Fsp3) is 0.400. The van der Waals surface area contributed by atoms with Crippen LogP contribution in [0.25, 0.3) is 28.5 Å². The fourth-order valence-electron chi connectivity index (χ4n) is 4.43. The van der Waals surface area contributed by atoms with E-state index in [4.69, 9.17) is 9.26 Å². The van der Waals surface area contributed by atoms with E-state index < -0.39 is 17.7 Å². The van der Waals surface area contributed by atoms with Gasteiger partial charge in [0, 0.05) is 30.6 Å². The number of aromatic amines is 1. The van der Waals surface area contributed by atoms with Crippen LogP contribution in [0.1, 0.15) is 45.2 Å². The molecule has 1 aliphatic rings. The van der Waals surface area contributed by atoms with E-state index in [2.05, 4.69) is 25.0 Å². The predicted octanol–water partition coefficient (Wildman–Crippen LogP) is 4.75. The molecule has 0 bridgehead atoms. The van der Waals surface area contributed by atoms with E-state index >= 15 is 0 Å². The summed E-state index contributed by atoms with van der Waals surface area (Å²) in [7, 11) is 0. The van der Waals surface area contributed by atoms with E-state index in [1.54, 1.807) is 9.42 Å². The Kier molecular flexibility index (Phi) is 6.56. The molecule has 4 heterocycles. The molecule has 0 unspecified atom stereocenters. The third kappa shape index (κ3) is 5.89. The molecule has 14 heteroatoms. The number of ether oxygens (including phenoxy) is 2. The van der Waals surface area contributed by atoms with E-state index in [1.807, 2.05) is 20.8 Å². The number of carbonyl (C=O) groups is 1. The highest BCUT2D eigenvalue weighted by molar-refractivity contribution is 5.72. The number of halogens is 3. The number of fused-ring (bicyclic) bond motifs is 1. The molecule has 11 nitrogen and oxygen atoms in total. The van der Waals surface area contributed by atoms with Crippen molar-refractivity contribution in [1.29, 1.82) is 0 Å². The zero-order valence-corrected chi connectivity index (χ0v) is 21.3. The van der Waals surface area contributed by atoms with Crippen LogP contribution in [0.15, 0.2) is 45.8 Å². The van der Waals surface area contributed by atoms with Gasteiger partial charge in [-0.05, 0) is 45.7 Å². The standard InChI is InChI=1S/C25H25F3N6O5/c1-24(2,3)38-23(36)33-9-7-14(8-10-33)18-12-19(35)30-21-17(13-29-34(18)21)22-31-20(32-39-22)15-5-4-6-16(11-15)37-25(26,27)28/h4-6,11-14H,7-10H2,1-3H3,(H,30,35). The molecule has 39 heavy (non-hydrogen) atoms. The maximum atomic E-state index is 12.6. The Morgan fingerprint density at radius 3 is 2.59 bits per heavy atom. The number of H-pyrrole nitrogens is 1. The van der Waals surface area contributed by atoms with Crippen molar-refractivity contribution in [2.24, 2.45) is 0 Å². The van der Waals surface area contributed by atoms with Gasteiger partial charge in [-0.2, -0.15) is 10.1 Å². The number of hydrogen-bond donors (Lipinski definition) is 1. The molecule has 206 valence electrons. The van der Waals surface area contributed by atoms with E-state index in [0.717, 1.165) is 12.1 Å². The van der Waals surface area contributed by atoms with Gasteiger partial charge in [0.1, 0.15) is 22.6 Å². The first-order chi connectivity index (χ1) is 18.4. The summed E-state index contributed by atoms with van der Waals surface area (Å²) < 4.78 is 54.1. The minimum atomic E-state index is -4.84. The maximum absolute atomic E-state index is 12.6. The molecule has 0 saturated carbocycles. The summed E-state index contributed by atoms with van der Waals surface area (Å²) in [6.45, 7) is 6.36. The van der Waals surface area contributed by atoms with Gasteiger partial charge in [0.15, 0.2) is 0 Å². The summed E-state index contributed by atoms with van der Waals surface area (Å²) in [6, 6.07) is 6.66. The number of alkyl halides is 3. The third-order valence-electron chi connectivity index (χ3n) is 6.08. The van der Waals surface area contributed by atoms with Crippen LogP contribution >= 0.6 is 0 Å². The second-order valence-electron chi connectivity index (χ2n) is 10.1. The molecule has 1 fully saturated rings. The van der Waals surface area contributed by atoms with Crippen LogP contribution in [0.3, 0.4) is 0 Å². The van der Waals surface area contributed by atoms with Crippen molar-refractivity contribution in [3.05, 3.63) is 52.6 Å². The number of nitrogens with zero attached hydrogens (tertiary/aromatic N) is 5. The minimum Gasteiger partial charge on any atom is -0.444 e. The van der Waals surface area contributed by atoms with Crippen molar-refractivity contribution in [1.82, 2.24) is 29.6 Å². The lowest BCUT2D eigenvalue weighted by molar-refractivity contribution is -0.274. The third-order valence-corrected chi connectivity index (χ3v) is 6.08. The predicted molar refractivity (Wildman–Crippen MR) is 131 cm³/mol. The molecule has 5 rings (SSSR count). The Hall–Kier alpha value is -4.36. The smallest absolute Gasteiger partial charge is 0.444 e. The van der Waals surface area contributed by atoms with Crippen molar-refractivity contribution in [2.75, 3.05) is 13.1 Å². The molecule has 0 atom stereocenters. The molecule has 0 aliphatic carbocycles. The molecular formula is C25H25F3N6O5. The van der Waals surface area contributed by atoms with Gasteiger partial charge in [0.05, 0.1) is 11.9 Å². The first kappa shape index (κ1) is 26.3. The highest BCUT2D eigenvalue weighted by Gasteiger charge is 2.32. The quantitative estimate of drug-likeness (QED) is 0.388. The zero-order valence-electron chi connectivity index (χ0n) is 21.3. The Bertz CT molecular complexity index is 1560. The normalized spacial score (nSPS) is 15.1. The number of aromatic nitrogens is 5. The molecule has 4 aromatic rings. The van der Waals surface area contributed by atoms with Crippen LogP contribution in [-0.4, -0.2) is 60.8 Å². The van der Waals surface area contributed by atoms with Crippen LogP contribution < -0.4 is 10.3 Å². The molecule has 0 radical (unpaired) electrons. The summed E-state index contributed by atoms with van der Waals surface area (Å²) in [5, 5.41) is 8.29. The van der Waals surface area contributed by atoms with Crippen molar-refractivity contribution >= 4 is 11.7 Å². The van der Waals surface area contributed by atoms with Crippen LogP contribution in [-0.2, 0) is 4.74 Å². The van der Waals surface area contributed by atoms with Gasteiger partial charge in [-0.1, -0.05) is 17.3 Å². The number of amides is 1. The summed E-state index contributed by atoms with van der Waals surface area (Å²) in [4.78, 5) is 33.7. The van der Waals surface area contributed by atoms with E-state index in [9.17, 15) is 22.8 Å². The molecule has 3 aromatic heterocycles. The molecule has 1 amide bonds. The Labute approximate surface area is 219 Å². The molecule has 1 N–H and O–H groups in total. The van der Waals surface area contributed by atoms with Gasteiger partial charge < -0.3 is 23.9 Å². The van der Waals surface area contributed by atoms with Gasteiger partial charge in [-0.3, -0.25) is 4.79 Å². The molecule has 1 aromatic carbocycles. The maximum Gasteiger partial charge on any atom is 0.573 e. The van der Waals surface area contributed by atoms with Gasteiger partial charge in [-0.15, -0.1) is 13.2 Å². The summed E-state index contributed by atoms with van der Waals surface area (Å²) >= 11 is 0. The van der Waals surface area contributed by atoms with Crippen molar-refractivity contribution in [2.45, 2.75) is 51.5 Å². The van der Waals surface area contributed by atoms with Gasteiger partial charge in [0.25, 0.3) is 11.4 Å². The van der Waals surface area contributed by atoms with Crippen molar-refractivity contribution in [3.63, 3.8) is 0 Å². The summed E-state index contributed by atoms with van der Waals surface area (Å²) in [5.74, 6) is -0.412. The van der Waals surface area contributed by atoms with Gasteiger partial charge in [0.2, 0.25) is 5.82 Å². The average molecular weight is 547 g/mol. The Morgan fingerprint density at radius 1 is 1.15 bits per heavy atom. The second-order valence-corrected chi connectivity index (χ2v) is 10.1. The van der Waals surface area contributed by atoms with Crippen molar-refractivity contribution < 1.29 is 32.0 Å². The second kappa shape index (κ2) is 9.75. The van der Waals surface area contributed by atoms with Crippen LogP contribution in [0.2, 0.25) is 0 Å². The monoisotopic (exact) mass is 546 g/mol. The van der Waals surface area contributed by atoms with E-state index in [0.29, 0.717) is 42.8 Å². The Balaban J connectivity index is 1.39. The van der Waals surface area contributed by atoms with Crippen LogP contribution in [0, 0.1) is 0 Å². The number of hydrogen-bond acceptors (Lipinski definition) is 8. The minimum absolute atomic E-state index is 0.0229. The molecule has 0 spiro atoms. The highest BCUT2D eigenvalue weighted by atomic mass is 19.4. The van der Waals surface area contributed by atoms with Crippen molar-refractivity contribution in [3.8, 4) is 28.6 Å². The number of benzene rings is 1. The van der Waals surface area contributed by atoms with E-state index in [1.165, 1.54) is 24.4 Å². The summed E-state index contributed by atoms with van der Waals surface area (Å²) in [5.41, 5.74) is 0.644. The lowest BCUT2D eigenvalue weighted by Gasteiger charge is -2.33. The highest BCUT2D eigenvalue weighted by Crippen LogP contribution is 2.32. The molecule has 1 aliphatic heterocycles. The molecule has 1 saturated heterocycles. The fourth-order valence-corrected chi connectivity index (χ4v) is 4.43. The summed E-state index contributed by atoms with van der Waals surface area (Å²) in [6.07, 6.45) is -2.54. The lowest BCUT2D eigenvalue weighted by Crippen LogP contribution is -2.41. The number of piperidine rings is 1. The first-order valence-electron chi connectivity index (χ1n) is 12.2.